The molecule has 1 aliphatic heterocycles. The van der Waals surface area contributed by atoms with E-state index in [1.807, 2.05) is 0 Å². The Morgan fingerprint density at radius 2 is 1.94 bits per heavy atom. The topological polar surface area (TPSA) is 33.7 Å². The first kappa shape index (κ1) is 14.3. The van der Waals surface area contributed by atoms with Crippen molar-refractivity contribution < 1.29 is 9.47 Å². The minimum absolute atomic E-state index is 0.420. The maximum Gasteiger partial charge on any atom is 0.0700 e. The van der Waals surface area contributed by atoms with Gasteiger partial charge < -0.3 is 14.8 Å². The van der Waals surface area contributed by atoms with Crippen molar-refractivity contribution in [2.24, 2.45) is 0 Å². The Hall–Kier alpha value is -0.160. The lowest BCUT2D eigenvalue weighted by atomic mass is 9.80. The summed E-state index contributed by atoms with van der Waals surface area (Å²) in [5.74, 6) is 0. The second-order valence-electron chi connectivity index (χ2n) is 5.65. The molecular weight excluding hydrogens is 228 g/mol. The fourth-order valence-corrected chi connectivity index (χ4v) is 3.23. The zero-order chi connectivity index (χ0) is 12.7. The Morgan fingerprint density at radius 3 is 2.72 bits per heavy atom. The molecule has 1 saturated carbocycles. The smallest absolute Gasteiger partial charge is 0.0700 e. The van der Waals surface area contributed by atoms with Gasteiger partial charge in [0.1, 0.15) is 0 Å². The van der Waals surface area contributed by atoms with Gasteiger partial charge in [-0.15, -0.1) is 0 Å². The second kappa shape index (κ2) is 7.43. The van der Waals surface area contributed by atoms with Crippen molar-refractivity contribution in [3.63, 3.8) is 0 Å². The highest BCUT2D eigenvalue weighted by atomic mass is 16.5. The van der Waals surface area contributed by atoms with Crippen molar-refractivity contribution in [2.75, 3.05) is 53.1 Å². The molecule has 2 rings (SSSR count). The van der Waals surface area contributed by atoms with Gasteiger partial charge in [0.25, 0.3) is 0 Å². The molecule has 4 heteroatoms. The van der Waals surface area contributed by atoms with E-state index in [9.17, 15) is 0 Å². The first-order valence-electron chi connectivity index (χ1n) is 7.39. The number of hydrogen-bond acceptors (Lipinski definition) is 4. The molecule has 1 saturated heterocycles. The molecule has 1 spiro atoms. The van der Waals surface area contributed by atoms with E-state index in [-0.39, 0.29) is 0 Å². The van der Waals surface area contributed by atoms with Crippen LogP contribution in [0.3, 0.4) is 0 Å². The number of nitrogens with one attached hydrogen (secondary N) is 1. The first-order valence-corrected chi connectivity index (χ1v) is 7.39. The van der Waals surface area contributed by atoms with Crippen LogP contribution >= 0.6 is 0 Å². The Balaban J connectivity index is 1.66. The fraction of sp³-hybridized carbons (Fsp3) is 1.00. The minimum Gasteiger partial charge on any atom is -0.382 e. The van der Waals surface area contributed by atoms with Crippen LogP contribution in [-0.4, -0.2) is 63.5 Å². The predicted molar refractivity (Wildman–Crippen MR) is 73.0 cm³/mol. The SMILES string of the molecule is COCCOCCN1CCNC2(CCCCC2)C1. The molecule has 1 N–H and O–H groups in total. The second-order valence-corrected chi connectivity index (χ2v) is 5.65. The molecule has 18 heavy (non-hydrogen) atoms. The summed E-state index contributed by atoms with van der Waals surface area (Å²) in [5, 5.41) is 3.77. The number of hydrogen-bond donors (Lipinski definition) is 1. The van der Waals surface area contributed by atoms with E-state index in [1.54, 1.807) is 7.11 Å². The van der Waals surface area contributed by atoms with Crippen LogP contribution in [0.4, 0.5) is 0 Å². The van der Waals surface area contributed by atoms with Crippen LogP contribution in [0.5, 0.6) is 0 Å². The minimum atomic E-state index is 0.420. The van der Waals surface area contributed by atoms with Crippen molar-refractivity contribution >= 4 is 0 Å². The summed E-state index contributed by atoms with van der Waals surface area (Å²) < 4.78 is 10.5. The summed E-state index contributed by atoms with van der Waals surface area (Å²) in [6.45, 7) is 6.82. The van der Waals surface area contributed by atoms with Crippen molar-refractivity contribution in [3.8, 4) is 0 Å². The number of piperazine rings is 1. The van der Waals surface area contributed by atoms with Gasteiger partial charge in [0.05, 0.1) is 19.8 Å². The average molecular weight is 256 g/mol. The molecule has 1 heterocycles. The zero-order valence-electron chi connectivity index (χ0n) is 11.7. The van der Waals surface area contributed by atoms with Crippen LogP contribution in [0.1, 0.15) is 32.1 Å². The summed E-state index contributed by atoms with van der Waals surface area (Å²) in [7, 11) is 1.71. The standard InChI is InChI=1S/C14H28N2O2/c1-17-11-12-18-10-9-16-8-7-15-14(13-16)5-3-2-4-6-14/h15H,2-13H2,1H3. The van der Waals surface area contributed by atoms with Gasteiger partial charge in [-0.2, -0.15) is 0 Å². The Morgan fingerprint density at radius 1 is 1.11 bits per heavy atom. The third kappa shape index (κ3) is 4.19. The van der Waals surface area contributed by atoms with Gasteiger partial charge in [-0.05, 0) is 12.8 Å². The van der Waals surface area contributed by atoms with Gasteiger partial charge >= 0.3 is 0 Å². The molecular formula is C14H28N2O2. The molecule has 0 amide bonds. The largest absolute Gasteiger partial charge is 0.382 e. The molecule has 2 aliphatic rings. The van der Waals surface area contributed by atoms with Crippen LogP contribution in [0.25, 0.3) is 0 Å². The van der Waals surface area contributed by atoms with Gasteiger partial charge in [0.15, 0.2) is 0 Å². The van der Waals surface area contributed by atoms with E-state index in [1.165, 1.54) is 38.6 Å². The quantitative estimate of drug-likeness (QED) is 0.725. The van der Waals surface area contributed by atoms with Crippen LogP contribution in [0.2, 0.25) is 0 Å². The van der Waals surface area contributed by atoms with Crippen LogP contribution < -0.4 is 5.32 Å². The lowest BCUT2D eigenvalue weighted by molar-refractivity contribution is 0.0383. The van der Waals surface area contributed by atoms with Gasteiger partial charge in [-0.25, -0.2) is 0 Å². The average Bonchev–Trinajstić information content (AvgIpc) is 2.40. The van der Waals surface area contributed by atoms with E-state index >= 15 is 0 Å². The van der Waals surface area contributed by atoms with E-state index in [0.717, 1.165) is 26.2 Å². The van der Waals surface area contributed by atoms with Gasteiger partial charge in [-0.1, -0.05) is 19.3 Å². The van der Waals surface area contributed by atoms with E-state index in [2.05, 4.69) is 10.2 Å². The maximum absolute atomic E-state index is 5.57. The normalized spacial score (nSPS) is 24.5. The molecule has 4 nitrogen and oxygen atoms in total. The Bertz CT molecular complexity index is 224. The lowest BCUT2D eigenvalue weighted by Gasteiger charge is -2.46. The third-order valence-corrected chi connectivity index (χ3v) is 4.25. The van der Waals surface area contributed by atoms with Crippen molar-refractivity contribution in [3.05, 3.63) is 0 Å². The highest BCUT2D eigenvalue weighted by molar-refractivity contribution is 4.96. The highest BCUT2D eigenvalue weighted by Gasteiger charge is 2.35. The number of ether oxygens (including phenoxy) is 2. The molecule has 0 unspecified atom stereocenters. The highest BCUT2D eigenvalue weighted by Crippen LogP contribution is 2.30. The lowest BCUT2D eigenvalue weighted by Crippen LogP contribution is -2.61. The monoisotopic (exact) mass is 256 g/mol. The molecule has 0 bridgehead atoms. The van der Waals surface area contributed by atoms with Crippen molar-refractivity contribution in [1.29, 1.82) is 0 Å². The molecule has 0 aromatic rings. The summed E-state index contributed by atoms with van der Waals surface area (Å²) >= 11 is 0. The number of nitrogens with zero attached hydrogens (tertiary/aromatic N) is 1. The van der Waals surface area contributed by atoms with E-state index < -0.39 is 0 Å². The summed E-state index contributed by atoms with van der Waals surface area (Å²) in [4.78, 5) is 2.56. The molecule has 106 valence electrons. The molecule has 0 radical (unpaired) electrons. The summed E-state index contributed by atoms with van der Waals surface area (Å²) in [6.07, 6.45) is 6.92. The molecule has 0 aromatic carbocycles. The molecule has 0 atom stereocenters. The summed E-state index contributed by atoms with van der Waals surface area (Å²) in [5.41, 5.74) is 0.420. The summed E-state index contributed by atoms with van der Waals surface area (Å²) in [6, 6.07) is 0. The van der Waals surface area contributed by atoms with Crippen molar-refractivity contribution in [2.45, 2.75) is 37.6 Å². The van der Waals surface area contributed by atoms with Gasteiger partial charge in [0, 0.05) is 38.8 Å². The van der Waals surface area contributed by atoms with Gasteiger partial charge in [0.2, 0.25) is 0 Å². The Labute approximate surface area is 111 Å². The Kier molecular flexibility index (Phi) is 5.89. The van der Waals surface area contributed by atoms with E-state index in [0.29, 0.717) is 18.8 Å². The molecule has 0 aromatic heterocycles. The van der Waals surface area contributed by atoms with Crippen LogP contribution in [-0.2, 0) is 9.47 Å². The van der Waals surface area contributed by atoms with Crippen LogP contribution in [0.15, 0.2) is 0 Å². The van der Waals surface area contributed by atoms with E-state index in [4.69, 9.17) is 9.47 Å². The molecule has 2 fully saturated rings. The first-order chi connectivity index (χ1) is 8.85. The number of rotatable bonds is 6. The fourth-order valence-electron chi connectivity index (χ4n) is 3.23. The van der Waals surface area contributed by atoms with Crippen molar-refractivity contribution in [1.82, 2.24) is 10.2 Å². The van der Waals surface area contributed by atoms with Crippen LogP contribution in [0, 0.1) is 0 Å². The van der Waals surface area contributed by atoms with Gasteiger partial charge in [-0.3, -0.25) is 4.90 Å². The third-order valence-electron chi connectivity index (χ3n) is 4.25. The predicted octanol–water partition coefficient (Wildman–Crippen LogP) is 1.26. The zero-order valence-corrected chi connectivity index (χ0v) is 11.7. The molecule has 1 aliphatic carbocycles. The maximum atomic E-state index is 5.57. The number of methoxy groups -OCH3 is 1.